The Labute approximate surface area is 171 Å². The summed E-state index contributed by atoms with van der Waals surface area (Å²) in [5, 5.41) is 25.3. The number of aliphatic hydroxyl groups is 1. The lowest BCUT2D eigenvalue weighted by Crippen LogP contribution is -2.72. The fraction of sp³-hybridized carbons (Fsp3) is 0.222. The quantitative estimate of drug-likeness (QED) is 0.380. The molecule has 2 amide bonds. The van der Waals surface area contributed by atoms with Crippen LogP contribution in [0.3, 0.4) is 0 Å². The van der Waals surface area contributed by atoms with Crippen LogP contribution in [0, 0.1) is 16.0 Å². The third kappa shape index (κ3) is 3.81. The van der Waals surface area contributed by atoms with Crippen molar-refractivity contribution in [3.8, 4) is 0 Å². The monoisotopic (exact) mass is 443 g/mol. The molecule has 3 unspecified atom stereocenters. The molecule has 1 fully saturated rings. The van der Waals surface area contributed by atoms with Gasteiger partial charge in [-0.15, -0.1) is 0 Å². The Morgan fingerprint density at radius 2 is 1.83 bits per heavy atom. The molecule has 1 aliphatic rings. The lowest BCUT2D eigenvalue weighted by Gasteiger charge is -2.45. The van der Waals surface area contributed by atoms with Gasteiger partial charge < -0.3 is 15.7 Å². The Morgan fingerprint density at radius 1 is 1.20 bits per heavy atom. The number of carbonyl (C=O) groups is 2. The van der Waals surface area contributed by atoms with E-state index < -0.39 is 46.3 Å². The van der Waals surface area contributed by atoms with Crippen molar-refractivity contribution in [1.29, 1.82) is 0 Å². The summed E-state index contributed by atoms with van der Waals surface area (Å²) in [6.07, 6.45) is -5.43. The second kappa shape index (κ2) is 7.58. The first-order valence-corrected chi connectivity index (χ1v) is 8.74. The predicted octanol–water partition coefficient (Wildman–Crippen LogP) is 3.35. The maximum atomic E-state index is 13.8. The molecule has 3 rings (SSSR count). The molecule has 0 aliphatic carbocycles. The van der Waals surface area contributed by atoms with Crippen molar-refractivity contribution in [3.05, 3.63) is 74.8 Å². The molecular weight excluding hydrogens is 431 g/mol. The smallest absolute Gasteiger partial charge is 0.363 e. The van der Waals surface area contributed by atoms with Crippen LogP contribution in [0.2, 0.25) is 5.02 Å². The summed E-state index contributed by atoms with van der Waals surface area (Å²) in [5.74, 6) is -3.45. The van der Waals surface area contributed by atoms with E-state index in [0.717, 1.165) is 12.1 Å². The Morgan fingerprint density at radius 3 is 2.40 bits per heavy atom. The van der Waals surface area contributed by atoms with E-state index >= 15 is 0 Å². The molecule has 2 aromatic carbocycles. The van der Waals surface area contributed by atoms with E-state index in [0.29, 0.717) is 0 Å². The Kier molecular flexibility index (Phi) is 5.44. The van der Waals surface area contributed by atoms with Crippen molar-refractivity contribution < 1.29 is 32.8 Å². The van der Waals surface area contributed by atoms with Crippen LogP contribution in [0.4, 0.5) is 23.7 Å². The largest absolute Gasteiger partial charge is 0.437 e. The average Bonchev–Trinajstić information content (AvgIpc) is 2.66. The van der Waals surface area contributed by atoms with Crippen LogP contribution in [-0.2, 0) is 0 Å². The van der Waals surface area contributed by atoms with Gasteiger partial charge in [0, 0.05) is 22.7 Å². The number of ketones is 1. The number of alkyl halides is 3. The number of rotatable bonds is 4. The fourth-order valence-electron chi connectivity index (χ4n) is 3.24. The van der Waals surface area contributed by atoms with E-state index in [9.17, 15) is 38.0 Å². The molecule has 30 heavy (non-hydrogen) atoms. The molecular formula is C18H13ClF3N3O5. The number of nitro groups is 1. The predicted molar refractivity (Wildman–Crippen MR) is 97.8 cm³/mol. The van der Waals surface area contributed by atoms with Crippen molar-refractivity contribution in [2.24, 2.45) is 5.92 Å². The molecule has 0 bridgehead atoms. The maximum Gasteiger partial charge on any atom is 0.437 e. The minimum absolute atomic E-state index is 0.158. The molecule has 12 heteroatoms. The van der Waals surface area contributed by atoms with E-state index in [1.165, 1.54) is 41.7 Å². The van der Waals surface area contributed by atoms with Crippen LogP contribution in [0.15, 0.2) is 48.5 Å². The third-order valence-corrected chi connectivity index (χ3v) is 4.91. The zero-order valence-electron chi connectivity index (χ0n) is 14.8. The lowest BCUT2D eigenvalue weighted by atomic mass is 9.77. The van der Waals surface area contributed by atoms with E-state index in [1.54, 1.807) is 0 Å². The highest BCUT2D eigenvalue weighted by Crippen LogP contribution is 2.44. The number of carbonyl (C=O) groups excluding carboxylic acids is 2. The van der Waals surface area contributed by atoms with Crippen LogP contribution in [0.1, 0.15) is 22.0 Å². The summed E-state index contributed by atoms with van der Waals surface area (Å²) in [7, 11) is 0. The second-order valence-corrected chi connectivity index (χ2v) is 6.98. The minimum atomic E-state index is -5.43. The van der Waals surface area contributed by atoms with Gasteiger partial charge in [-0.25, -0.2) is 4.79 Å². The summed E-state index contributed by atoms with van der Waals surface area (Å²) in [4.78, 5) is 35.3. The summed E-state index contributed by atoms with van der Waals surface area (Å²) in [6.45, 7) is 0. The van der Waals surface area contributed by atoms with Gasteiger partial charge in [0.25, 0.3) is 5.69 Å². The molecule has 8 nitrogen and oxygen atoms in total. The topological polar surface area (TPSA) is 122 Å². The molecule has 0 spiro atoms. The molecule has 0 saturated carbocycles. The first-order valence-electron chi connectivity index (χ1n) is 8.36. The molecule has 0 aromatic heterocycles. The number of hydrogen-bond donors (Lipinski definition) is 3. The third-order valence-electron chi connectivity index (χ3n) is 4.66. The van der Waals surface area contributed by atoms with Gasteiger partial charge in [0.1, 0.15) is 5.92 Å². The van der Waals surface area contributed by atoms with Gasteiger partial charge in [0.15, 0.2) is 5.78 Å². The molecule has 1 heterocycles. The van der Waals surface area contributed by atoms with Crippen LogP contribution in [-0.4, -0.2) is 33.7 Å². The number of benzene rings is 2. The summed E-state index contributed by atoms with van der Waals surface area (Å²) in [6, 6.07) is 6.20. The fourth-order valence-corrected chi connectivity index (χ4v) is 3.37. The number of nitrogens with zero attached hydrogens (tertiary/aromatic N) is 1. The zero-order chi connectivity index (χ0) is 22.3. The van der Waals surface area contributed by atoms with Gasteiger partial charge in [0.05, 0.1) is 11.0 Å². The zero-order valence-corrected chi connectivity index (χ0v) is 15.6. The number of non-ortho nitro benzene ring substituents is 1. The molecule has 3 N–H and O–H groups in total. The molecule has 0 radical (unpaired) electrons. The molecule has 3 atom stereocenters. The van der Waals surface area contributed by atoms with Crippen molar-refractivity contribution >= 4 is 29.1 Å². The number of amides is 2. The number of Topliss-reactive ketones (excluding diaryl/α,β-unsaturated/α-hetero) is 1. The molecule has 158 valence electrons. The van der Waals surface area contributed by atoms with Crippen molar-refractivity contribution in [2.75, 3.05) is 0 Å². The number of halogens is 4. The number of hydrogen-bond acceptors (Lipinski definition) is 5. The first-order chi connectivity index (χ1) is 13.9. The number of nitrogens with one attached hydrogen (secondary N) is 2. The van der Waals surface area contributed by atoms with Crippen LogP contribution >= 0.6 is 11.6 Å². The summed E-state index contributed by atoms with van der Waals surface area (Å²) in [5.41, 5.74) is -4.76. The lowest BCUT2D eigenvalue weighted by molar-refractivity contribution is -0.385. The molecule has 1 aliphatic heterocycles. The second-order valence-electron chi connectivity index (χ2n) is 6.54. The maximum absolute atomic E-state index is 13.8. The Hall–Kier alpha value is -3.18. The van der Waals surface area contributed by atoms with Crippen molar-refractivity contribution in [1.82, 2.24) is 10.6 Å². The average molecular weight is 444 g/mol. The van der Waals surface area contributed by atoms with Gasteiger partial charge in [-0.2, -0.15) is 13.2 Å². The normalized spacial score (nSPS) is 24.0. The standard InChI is InChI=1S/C18H13ClF3N3O5/c19-11-6-4-9(5-7-11)15(26)13-14(10-2-1-3-12(8-10)25(29)30)23-16(27)24-17(13,28)18(20,21)22/h1-8,13-14,28H,(H2,23,24,27). The van der Waals surface area contributed by atoms with Crippen molar-refractivity contribution in [2.45, 2.75) is 17.9 Å². The van der Waals surface area contributed by atoms with Crippen LogP contribution < -0.4 is 10.6 Å². The highest BCUT2D eigenvalue weighted by Gasteiger charge is 2.66. The van der Waals surface area contributed by atoms with Crippen molar-refractivity contribution in [3.63, 3.8) is 0 Å². The van der Waals surface area contributed by atoms with E-state index in [1.807, 2.05) is 0 Å². The summed E-state index contributed by atoms with van der Waals surface area (Å²) >= 11 is 5.75. The summed E-state index contributed by atoms with van der Waals surface area (Å²) < 4.78 is 41.4. The highest BCUT2D eigenvalue weighted by molar-refractivity contribution is 6.30. The van der Waals surface area contributed by atoms with E-state index in [-0.39, 0.29) is 16.1 Å². The van der Waals surface area contributed by atoms with Gasteiger partial charge in [-0.3, -0.25) is 14.9 Å². The highest BCUT2D eigenvalue weighted by atomic mass is 35.5. The van der Waals surface area contributed by atoms with E-state index in [2.05, 4.69) is 5.32 Å². The van der Waals surface area contributed by atoms with Gasteiger partial charge in [-0.05, 0) is 29.8 Å². The number of urea groups is 1. The van der Waals surface area contributed by atoms with Crippen LogP contribution in [0.5, 0.6) is 0 Å². The Balaban J connectivity index is 2.18. The SMILES string of the molecule is O=C1NC(c2cccc([N+](=O)[O-])c2)C(C(=O)c2ccc(Cl)cc2)C(O)(C(F)(F)F)N1. The molecule has 1 saturated heterocycles. The van der Waals surface area contributed by atoms with Crippen LogP contribution in [0.25, 0.3) is 0 Å². The van der Waals surface area contributed by atoms with Gasteiger partial charge >= 0.3 is 12.2 Å². The van der Waals surface area contributed by atoms with Gasteiger partial charge in [-0.1, -0.05) is 23.7 Å². The van der Waals surface area contributed by atoms with E-state index in [4.69, 9.17) is 11.6 Å². The Bertz CT molecular complexity index is 1010. The molecule has 2 aromatic rings. The minimum Gasteiger partial charge on any atom is -0.363 e. The first kappa shape index (κ1) is 21.5. The van der Waals surface area contributed by atoms with Gasteiger partial charge in [0.2, 0.25) is 5.72 Å². The number of nitro benzene ring substituents is 1.